The molecule has 0 bridgehead atoms. The normalized spacial score (nSPS) is 10.2. The summed E-state index contributed by atoms with van der Waals surface area (Å²) in [5.41, 5.74) is 0.645. The monoisotopic (exact) mass is 320 g/mol. The van der Waals surface area contributed by atoms with Crippen molar-refractivity contribution in [3.05, 3.63) is 63.8 Å². The summed E-state index contributed by atoms with van der Waals surface area (Å²) in [6, 6.07) is 10.5. The molecule has 2 aromatic rings. The van der Waals surface area contributed by atoms with Crippen LogP contribution in [0.1, 0.15) is 15.9 Å². The van der Waals surface area contributed by atoms with Crippen molar-refractivity contribution >= 4 is 23.7 Å². The summed E-state index contributed by atoms with van der Waals surface area (Å²) < 4.78 is 9.87. The van der Waals surface area contributed by atoms with Gasteiger partial charge in [0.2, 0.25) is 5.03 Å². The highest BCUT2D eigenvalue weighted by Crippen LogP contribution is 2.29. The summed E-state index contributed by atoms with van der Waals surface area (Å²) in [5.74, 6) is -0.683. The zero-order valence-electron chi connectivity index (χ0n) is 11.6. The molecule has 0 radical (unpaired) electrons. The minimum atomic E-state index is -0.683. The standard InChI is InChI=1S/C14H12N2O5S/c1-20-14(17)11-7-12(16(18)19)13(15-8-11)22-21-9-10-5-3-2-4-6-10/h2-8H,9H2,1H3. The van der Waals surface area contributed by atoms with Crippen LogP contribution in [-0.4, -0.2) is 23.0 Å². The first-order valence-electron chi connectivity index (χ1n) is 6.18. The molecule has 0 aliphatic rings. The number of pyridine rings is 1. The zero-order chi connectivity index (χ0) is 15.9. The van der Waals surface area contributed by atoms with E-state index in [1.807, 2.05) is 30.3 Å². The molecule has 0 fully saturated rings. The fourth-order valence-corrected chi connectivity index (χ4v) is 2.21. The number of nitro groups is 1. The molecule has 0 aliphatic heterocycles. The molecule has 0 N–H and O–H groups in total. The van der Waals surface area contributed by atoms with E-state index in [1.165, 1.54) is 13.3 Å². The van der Waals surface area contributed by atoms with Gasteiger partial charge in [-0.05, 0) is 5.56 Å². The second-order valence-corrected chi connectivity index (χ2v) is 4.92. The van der Waals surface area contributed by atoms with E-state index in [0.29, 0.717) is 0 Å². The average Bonchev–Trinajstić information content (AvgIpc) is 2.55. The predicted molar refractivity (Wildman–Crippen MR) is 79.3 cm³/mol. The smallest absolute Gasteiger partial charge is 0.339 e. The van der Waals surface area contributed by atoms with E-state index in [9.17, 15) is 14.9 Å². The Bertz CT molecular complexity index is 678. The van der Waals surface area contributed by atoms with Gasteiger partial charge >= 0.3 is 11.7 Å². The molecule has 0 saturated carbocycles. The topological polar surface area (TPSA) is 91.6 Å². The Morgan fingerprint density at radius 2 is 2.09 bits per heavy atom. The first-order chi connectivity index (χ1) is 10.6. The molecule has 1 heterocycles. The van der Waals surface area contributed by atoms with E-state index in [4.69, 9.17) is 4.18 Å². The number of esters is 1. The van der Waals surface area contributed by atoms with Gasteiger partial charge in [0.05, 0.1) is 36.2 Å². The maximum Gasteiger partial charge on any atom is 0.339 e. The van der Waals surface area contributed by atoms with Crippen molar-refractivity contribution in [1.82, 2.24) is 4.98 Å². The van der Waals surface area contributed by atoms with E-state index in [2.05, 4.69) is 9.72 Å². The molecule has 0 spiro atoms. The van der Waals surface area contributed by atoms with Crippen LogP contribution in [0.5, 0.6) is 0 Å². The molecule has 8 heteroatoms. The fourth-order valence-electron chi connectivity index (χ4n) is 1.59. The number of methoxy groups -OCH3 is 1. The lowest BCUT2D eigenvalue weighted by Crippen LogP contribution is -2.04. The number of hydrogen-bond acceptors (Lipinski definition) is 7. The lowest BCUT2D eigenvalue weighted by Gasteiger charge is -2.04. The fraction of sp³-hybridized carbons (Fsp3) is 0.143. The Morgan fingerprint density at radius 1 is 1.36 bits per heavy atom. The summed E-state index contributed by atoms with van der Waals surface area (Å²) in [7, 11) is 1.19. The maximum absolute atomic E-state index is 11.4. The first-order valence-corrected chi connectivity index (χ1v) is 6.92. The molecular formula is C14H12N2O5S. The van der Waals surface area contributed by atoms with Gasteiger partial charge in [-0.25, -0.2) is 9.78 Å². The minimum absolute atomic E-state index is 0.0154. The van der Waals surface area contributed by atoms with Crippen molar-refractivity contribution in [2.75, 3.05) is 7.11 Å². The number of ether oxygens (including phenoxy) is 1. The quantitative estimate of drug-likeness (QED) is 0.349. The molecule has 0 aliphatic carbocycles. The van der Waals surface area contributed by atoms with Gasteiger partial charge in [-0.2, -0.15) is 0 Å². The summed E-state index contributed by atoms with van der Waals surface area (Å²) >= 11 is 0.793. The number of hydrogen-bond donors (Lipinski definition) is 0. The van der Waals surface area contributed by atoms with Crippen molar-refractivity contribution in [1.29, 1.82) is 0 Å². The van der Waals surface area contributed by atoms with Crippen molar-refractivity contribution in [3.8, 4) is 0 Å². The van der Waals surface area contributed by atoms with Crippen LogP contribution in [0.25, 0.3) is 0 Å². The zero-order valence-corrected chi connectivity index (χ0v) is 12.4. The molecule has 22 heavy (non-hydrogen) atoms. The van der Waals surface area contributed by atoms with Crippen LogP contribution in [0, 0.1) is 10.1 Å². The van der Waals surface area contributed by atoms with E-state index in [-0.39, 0.29) is 22.9 Å². The maximum atomic E-state index is 11.4. The SMILES string of the molecule is COC(=O)c1cnc(SOCc2ccccc2)c([N+](=O)[O-])c1. The van der Waals surface area contributed by atoms with Gasteiger partial charge in [-0.15, -0.1) is 0 Å². The Labute approximate surface area is 130 Å². The van der Waals surface area contributed by atoms with E-state index >= 15 is 0 Å². The highest BCUT2D eigenvalue weighted by atomic mass is 32.2. The van der Waals surface area contributed by atoms with Gasteiger partial charge in [-0.1, -0.05) is 30.3 Å². The predicted octanol–water partition coefficient (Wildman–Crippen LogP) is 3.00. The van der Waals surface area contributed by atoms with Crippen LogP contribution in [0.4, 0.5) is 5.69 Å². The second-order valence-electron chi connectivity index (χ2n) is 4.13. The number of benzene rings is 1. The lowest BCUT2D eigenvalue weighted by molar-refractivity contribution is -0.388. The van der Waals surface area contributed by atoms with Crippen LogP contribution in [0.2, 0.25) is 0 Å². The van der Waals surface area contributed by atoms with E-state index in [1.54, 1.807) is 0 Å². The summed E-state index contributed by atoms with van der Waals surface area (Å²) in [5, 5.41) is 11.1. The first kappa shape index (κ1) is 15.9. The Balaban J connectivity index is 2.09. The molecule has 2 rings (SSSR count). The van der Waals surface area contributed by atoms with Crippen molar-refractivity contribution in [2.24, 2.45) is 0 Å². The third kappa shape index (κ3) is 4.03. The van der Waals surface area contributed by atoms with E-state index in [0.717, 1.165) is 23.7 Å². The van der Waals surface area contributed by atoms with Crippen LogP contribution in [0.15, 0.2) is 47.6 Å². The lowest BCUT2D eigenvalue weighted by atomic mass is 10.2. The highest BCUT2D eigenvalue weighted by molar-refractivity contribution is 7.94. The summed E-state index contributed by atoms with van der Waals surface area (Å²) in [6.45, 7) is 0.281. The Morgan fingerprint density at radius 3 is 2.73 bits per heavy atom. The van der Waals surface area contributed by atoms with Crippen LogP contribution in [-0.2, 0) is 15.5 Å². The van der Waals surface area contributed by atoms with Crippen LogP contribution in [0.3, 0.4) is 0 Å². The molecule has 0 amide bonds. The number of carbonyl (C=O) groups is 1. The molecule has 0 saturated heterocycles. The van der Waals surface area contributed by atoms with Gasteiger partial charge in [0.15, 0.2) is 0 Å². The summed E-state index contributed by atoms with van der Waals surface area (Å²) in [6.07, 6.45) is 1.22. The van der Waals surface area contributed by atoms with Crippen molar-refractivity contribution in [3.63, 3.8) is 0 Å². The third-order valence-corrected chi connectivity index (χ3v) is 3.36. The Kier molecular flexibility index (Phi) is 5.45. The molecule has 1 aromatic carbocycles. The minimum Gasteiger partial charge on any atom is -0.465 e. The summed E-state index contributed by atoms with van der Waals surface area (Å²) in [4.78, 5) is 25.7. The average molecular weight is 320 g/mol. The largest absolute Gasteiger partial charge is 0.465 e. The van der Waals surface area contributed by atoms with Crippen molar-refractivity contribution < 1.29 is 18.6 Å². The van der Waals surface area contributed by atoms with Gasteiger partial charge < -0.3 is 8.92 Å². The molecular weight excluding hydrogens is 308 g/mol. The van der Waals surface area contributed by atoms with Crippen LogP contribution < -0.4 is 0 Å². The van der Waals surface area contributed by atoms with E-state index < -0.39 is 10.9 Å². The van der Waals surface area contributed by atoms with Crippen molar-refractivity contribution in [2.45, 2.75) is 11.6 Å². The van der Waals surface area contributed by atoms with Gasteiger partial charge in [-0.3, -0.25) is 10.1 Å². The van der Waals surface area contributed by atoms with Gasteiger partial charge in [0.1, 0.15) is 0 Å². The molecule has 7 nitrogen and oxygen atoms in total. The molecule has 0 unspecified atom stereocenters. The third-order valence-electron chi connectivity index (χ3n) is 2.66. The van der Waals surface area contributed by atoms with Gasteiger partial charge in [0.25, 0.3) is 0 Å². The Hall–Kier alpha value is -2.45. The number of aromatic nitrogens is 1. The second kappa shape index (κ2) is 7.53. The highest BCUT2D eigenvalue weighted by Gasteiger charge is 2.20. The molecule has 114 valence electrons. The number of carbonyl (C=O) groups excluding carboxylic acids is 1. The van der Waals surface area contributed by atoms with Gasteiger partial charge in [0, 0.05) is 12.3 Å². The number of rotatable bonds is 6. The molecule has 0 atom stereocenters. The number of nitrogens with zero attached hydrogens (tertiary/aromatic N) is 2. The van der Waals surface area contributed by atoms with Crippen LogP contribution >= 0.6 is 12.0 Å². The molecule has 1 aromatic heterocycles.